The number of hydrogen-bond donors (Lipinski definition) is 0. The molecule has 0 aliphatic carbocycles. The third kappa shape index (κ3) is 1.13. The van der Waals surface area contributed by atoms with Crippen molar-refractivity contribution in [1.29, 1.82) is 0 Å². The van der Waals surface area contributed by atoms with Gasteiger partial charge < -0.3 is 0 Å². The van der Waals surface area contributed by atoms with Gasteiger partial charge >= 0.3 is 0 Å². The van der Waals surface area contributed by atoms with E-state index in [1.807, 2.05) is 12.3 Å². The van der Waals surface area contributed by atoms with Crippen LogP contribution in [0, 0.1) is 5.92 Å². The number of fused-ring (bicyclic) bond motifs is 1. The van der Waals surface area contributed by atoms with Gasteiger partial charge in [-0.2, -0.15) is 0 Å². The van der Waals surface area contributed by atoms with E-state index >= 15 is 0 Å². The van der Waals surface area contributed by atoms with Gasteiger partial charge in [-0.05, 0) is 24.1 Å². The minimum Gasteiger partial charge on any atom is -0.276 e. The zero-order valence-electron chi connectivity index (χ0n) is 7.36. The molecule has 0 fully saturated rings. The molecule has 0 N–H and O–H groups in total. The Bertz CT molecular complexity index is 306. The number of aliphatic imine (C=N–C) groups is 2. The van der Waals surface area contributed by atoms with Crippen LogP contribution in [0.4, 0.5) is 0 Å². The molecule has 0 aromatic heterocycles. The summed E-state index contributed by atoms with van der Waals surface area (Å²) in [5.41, 5.74) is 2.24. The van der Waals surface area contributed by atoms with E-state index in [0.29, 0.717) is 5.92 Å². The Balaban J connectivity index is 2.28. The molecule has 0 saturated heterocycles. The highest BCUT2D eigenvalue weighted by atomic mass is 14.9. The van der Waals surface area contributed by atoms with Gasteiger partial charge in [-0.15, -0.1) is 0 Å². The highest BCUT2D eigenvalue weighted by Gasteiger charge is 2.18. The van der Waals surface area contributed by atoms with Crippen LogP contribution in [0.15, 0.2) is 34.4 Å². The van der Waals surface area contributed by atoms with E-state index in [2.05, 4.69) is 36.0 Å². The van der Waals surface area contributed by atoms with Crippen LogP contribution >= 0.6 is 0 Å². The molecule has 2 rings (SSSR count). The molecule has 0 amide bonds. The number of hydrogen-bond acceptors (Lipinski definition) is 2. The summed E-state index contributed by atoms with van der Waals surface area (Å²) in [6, 6.07) is 0.201. The van der Waals surface area contributed by atoms with Gasteiger partial charge in [-0.3, -0.25) is 9.98 Å². The molecule has 0 aromatic rings. The molecule has 1 atom stereocenters. The summed E-state index contributed by atoms with van der Waals surface area (Å²) in [4.78, 5) is 8.75. The first-order chi connectivity index (χ1) is 5.77. The van der Waals surface area contributed by atoms with Crippen LogP contribution in [-0.2, 0) is 0 Å². The summed E-state index contributed by atoms with van der Waals surface area (Å²) in [6.07, 6.45) is 7.98. The second-order valence-corrected chi connectivity index (χ2v) is 3.38. The molecule has 2 heterocycles. The maximum absolute atomic E-state index is 4.56. The fraction of sp³-hybridized carbons (Fsp3) is 0.400. The molecule has 0 aromatic carbocycles. The SMILES string of the molecule is CC(C)C1=NC2C=CN=C2C=C1. The van der Waals surface area contributed by atoms with E-state index in [4.69, 9.17) is 0 Å². The van der Waals surface area contributed by atoms with Gasteiger partial charge in [0.25, 0.3) is 0 Å². The van der Waals surface area contributed by atoms with E-state index in [9.17, 15) is 0 Å². The maximum atomic E-state index is 4.56. The maximum Gasteiger partial charge on any atom is 0.112 e. The first-order valence-corrected chi connectivity index (χ1v) is 4.27. The molecule has 1 unspecified atom stereocenters. The molecule has 62 valence electrons. The van der Waals surface area contributed by atoms with Gasteiger partial charge in [0.2, 0.25) is 0 Å². The minimum atomic E-state index is 0.201. The molecule has 0 spiro atoms. The topological polar surface area (TPSA) is 24.7 Å². The Morgan fingerprint density at radius 1 is 1.33 bits per heavy atom. The van der Waals surface area contributed by atoms with Crippen molar-refractivity contribution < 1.29 is 0 Å². The normalized spacial score (nSPS) is 25.8. The van der Waals surface area contributed by atoms with Gasteiger partial charge in [-0.25, -0.2) is 0 Å². The molecule has 2 nitrogen and oxygen atoms in total. The monoisotopic (exact) mass is 160 g/mol. The van der Waals surface area contributed by atoms with E-state index in [-0.39, 0.29) is 6.04 Å². The molecular formula is C10H12N2. The van der Waals surface area contributed by atoms with Gasteiger partial charge in [0.05, 0.1) is 5.71 Å². The van der Waals surface area contributed by atoms with Gasteiger partial charge in [-0.1, -0.05) is 13.8 Å². The Morgan fingerprint density at radius 2 is 2.17 bits per heavy atom. The van der Waals surface area contributed by atoms with Crippen molar-refractivity contribution in [2.24, 2.45) is 15.9 Å². The van der Waals surface area contributed by atoms with Crippen LogP contribution in [0.2, 0.25) is 0 Å². The summed E-state index contributed by atoms with van der Waals surface area (Å²) >= 11 is 0. The van der Waals surface area contributed by atoms with Crippen LogP contribution in [0.5, 0.6) is 0 Å². The third-order valence-corrected chi connectivity index (χ3v) is 2.10. The average molecular weight is 160 g/mol. The zero-order valence-corrected chi connectivity index (χ0v) is 7.36. The van der Waals surface area contributed by atoms with Crippen molar-refractivity contribution in [3.63, 3.8) is 0 Å². The van der Waals surface area contributed by atoms with E-state index in [0.717, 1.165) is 5.71 Å². The van der Waals surface area contributed by atoms with Crippen molar-refractivity contribution in [2.75, 3.05) is 0 Å². The largest absolute Gasteiger partial charge is 0.276 e. The van der Waals surface area contributed by atoms with Crippen molar-refractivity contribution in [3.05, 3.63) is 24.4 Å². The number of nitrogens with zero attached hydrogens (tertiary/aromatic N) is 2. The predicted octanol–water partition coefficient (Wildman–Crippen LogP) is 1.99. The lowest BCUT2D eigenvalue weighted by Crippen LogP contribution is -2.20. The highest BCUT2D eigenvalue weighted by Crippen LogP contribution is 2.15. The smallest absolute Gasteiger partial charge is 0.112 e. The van der Waals surface area contributed by atoms with E-state index in [1.165, 1.54) is 5.71 Å². The molecular weight excluding hydrogens is 148 g/mol. The van der Waals surface area contributed by atoms with Gasteiger partial charge in [0.1, 0.15) is 6.04 Å². The third-order valence-electron chi connectivity index (χ3n) is 2.10. The number of allylic oxidation sites excluding steroid dienone is 1. The molecule has 0 saturated carbocycles. The molecule has 2 aliphatic rings. The quantitative estimate of drug-likeness (QED) is 0.560. The van der Waals surface area contributed by atoms with Crippen LogP contribution in [0.3, 0.4) is 0 Å². The van der Waals surface area contributed by atoms with Gasteiger partial charge in [0.15, 0.2) is 0 Å². The van der Waals surface area contributed by atoms with Crippen LogP contribution < -0.4 is 0 Å². The number of rotatable bonds is 1. The fourth-order valence-electron chi connectivity index (χ4n) is 1.35. The standard InChI is InChI=1S/C10H12N2/c1-7(2)8-3-4-9-10(12-8)5-6-11-9/h3-7,10H,1-2H3. The average Bonchev–Trinajstić information content (AvgIpc) is 2.49. The molecule has 2 aliphatic heterocycles. The lowest BCUT2D eigenvalue weighted by atomic mass is 10.0. The van der Waals surface area contributed by atoms with Gasteiger partial charge in [0, 0.05) is 11.9 Å². The minimum absolute atomic E-state index is 0.201. The predicted molar refractivity (Wildman–Crippen MR) is 51.8 cm³/mol. The Morgan fingerprint density at radius 3 is 2.92 bits per heavy atom. The Kier molecular flexibility index (Phi) is 1.68. The van der Waals surface area contributed by atoms with Crippen LogP contribution in [-0.4, -0.2) is 17.5 Å². The van der Waals surface area contributed by atoms with Crippen molar-refractivity contribution in [2.45, 2.75) is 19.9 Å². The lowest BCUT2D eigenvalue weighted by Gasteiger charge is -2.14. The summed E-state index contributed by atoms with van der Waals surface area (Å²) in [5.74, 6) is 0.511. The second kappa shape index (κ2) is 2.70. The van der Waals surface area contributed by atoms with E-state index in [1.54, 1.807) is 0 Å². The zero-order chi connectivity index (χ0) is 8.55. The Hall–Kier alpha value is -1.18. The second-order valence-electron chi connectivity index (χ2n) is 3.38. The van der Waals surface area contributed by atoms with E-state index < -0.39 is 0 Å². The van der Waals surface area contributed by atoms with Crippen molar-refractivity contribution in [1.82, 2.24) is 0 Å². The molecule has 0 bridgehead atoms. The summed E-state index contributed by atoms with van der Waals surface area (Å²) < 4.78 is 0. The summed E-state index contributed by atoms with van der Waals surface area (Å²) in [7, 11) is 0. The fourth-order valence-corrected chi connectivity index (χ4v) is 1.35. The highest BCUT2D eigenvalue weighted by molar-refractivity contribution is 6.12. The number of dihydropyridines is 1. The van der Waals surface area contributed by atoms with Crippen molar-refractivity contribution in [3.8, 4) is 0 Å². The molecule has 0 radical (unpaired) electrons. The molecule has 2 heteroatoms. The lowest BCUT2D eigenvalue weighted by molar-refractivity contribution is 0.871. The first-order valence-electron chi connectivity index (χ1n) is 4.27. The van der Waals surface area contributed by atoms with Crippen LogP contribution in [0.25, 0.3) is 0 Å². The molecule has 12 heavy (non-hydrogen) atoms. The summed E-state index contributed by atoms with van der Waals surface area (Å²) in [5, 5.41) is 0. The van der Waals surface area contributed by atoms with Crippen LogP contribution in [0.1, 0.15) is 13.8 Å². The van der Waals surface area contributed by atoms with Crippen molar-refractivity contribution >= 4 is 11.4 Å². The first kappa shape index (κ1) is 7.47. The Labute approximate surface area is 72.4 Å². The summed E-state index contributed by atoms with van der Waals surface area (Å²) in [6.45, 7) is 4.31.